The van der Waals surface area contributed by atoms with Crippen LogP contribution in [-0.4, -0.2) is 28.4 Å². The Hall–Kier alpha value is -3.41. The number of rotatable bonds is 7. The Bertz CT molecular complexity index is 957. The van der Waals surface area contributed by atoms with Gasteiger partial charge in [-0.2, -0.15) is 10.2 Å². The maximum Gasteiger partial charge on any atom is 0.289 e. The molecule has 1 aromatic heterocycles. The maximum atomic E-state index is 12.3. The predicted molar refractivity (Wildman–Crippen MR) is 111 cm³/mol. The number of benzene rings is 2. The monoisotopic (exact) mass is 376 g/mol. The number of hydrogen-bond donors (Lipinski definition) is 2. The highest BCUT2D eigenvalue weighted by Crippen LogP contribution is 2.21. The van der Waals surface area contributed by atoms with E-state index in [4.69, 9.17) is 4.74 Å². The van der Waals surface area contributed by atoms with Gasteiger partial charge in [0.05, 0.1) is 18.0 Å². The standard InChI is InChI=1S/C22H24N4O2/c1-4-13-28-19-11-9-18(10-12-19)20-14-21(25-24-20)22(27)26-23-16(3)17-7-5-15(2)6-8-17/h5-12,14H,4,13H2,1-3H3,(H,24,25)(H,26,27). The molecule has 0 spiro atoms. The zero-order valence-corrected chi connectivity index (χ0v) is 16.3. The molecule has 144 valence electrons. The van der Waals surface area contributed by atoms with Crippen LogP contribution in [0.25, 0.3) is 11.3 Å². The molecule has 2 N–H and O–H groups in total. The summed E-state index contributed by atoms with van der Waals surface area (Å²) in [6.45, 7) is 6.64. The first-order valence-corrected chi connectivity index (χ1v) is 9.27. The number of aryl methyl sites for hydroxylation is 1. The summed E-state index contributed by atoms with van der Waals surface area (Å²) in [6.07, 6.45) is 0.964. The number of nitrogens with zero attached hydrogens (tertiary/aromatic N) is 2. The van der Waals surface area contributed by atoms with E-state index < -0.39 is 0 Å². The number of aromatic nitrogens is 2. The van der Waals surface area contributed by atoms with Crippen molar-refractivity contribution in [2.45, 2.75) is 27.2 Å². The van der Waals surface area contributed by atoms with E-state index in [0.717, 1.165) is 29.0 Å². The largest absolute Gasteiger partial charge is 0.494 e. The lowest BCUT2D eigenvalue weighted by molar-refractivity contribution is 0.0950. The van der Waals surface area contributed by atoms with E-state index in [-0.39, 0.29) is 5.91 Å². The summed E-state index contributed by atoms with van der Waals surface area (Å²) in [6, 6.07) is 17.3. The minimum Gasteiger partial charge on any atom is -0.494 e. The average molecular weight is 376 g/mol. The maximum absolute atomic E-state index is 12.3. The van der Waals surface area contributed by atoms with Crippen molar-refractivity contribution in [2.75, 3.05) is 6.61 Å². The van der Waals surface area contributed by atoms with E-state index in [1.165, 1.54) is 5.56 Å². The van der Waals surface area contributed by atoms with Crippen molar-refractivity contribution in [1.29, 1.82) is 0 Å². The third kappa shape index (κ3) is 4.85. The zero-order valence-electron chi connectivity index (χ0n) is 16.3. The number of nitrogens with one attached hydrogen (secondary N) is 2. The molecule has 0 bridgehead atoms. The van der Waals surface area contributed by atoms with Crippen molar-refractivity contribution in [2.24, 2.45) is 5.10 Å². The quantitative estimate of drug-likeness (QED) is 0.476. The van der Waals surface area contributed by atoms with Crippen LogP contribution >= 0.6 is 0 Å². The minimum atomic E-state index is -0.340. The molecule has 1 amide bonds. The Labute approximate surface area is 164 Å². The number of H-pyrrole nitrogens is 1. The van der Waals surface area contributed by atoms with Gasteiger partial charge in [0.25, 0.3) is 5.91 Å². The Kier molecular flexibility index (Phi) is 6.22. The molecular weight excluding hydrogens is 352 g/mol. The molecule has 0 saturated carbocycles. The molecule has 1 heterocycles. The van der Waals surface area contributed by atoms with Crippen LogP contribution in [0.2, 0.25) is 0 Å². The number of amides is 1. The molecule has 3 aromatic rings. The van der Waals surface area contributed by atoms with E-state index >= 15 is 0 Å². The van der Waals surface area contributed by atoms with Gasteiger partial charge < -0.3 is 4.74 Å². The van der Waals surface area contributed by atoms with Gasteiger partial charge in [0, 0.05) is 5.56 Å². The summed E-state index contributed by atoms with van der Waals surface area (Å²) >= 11 is 0. The first-order valence-electron chi connectivity index (χ1n) is 9.27. The van der Waals surface area contributed by atoms with E-state index in [1.807, 2.05) is 62.4 Å². The minimum absolute atomic E-state index is 0.340. The van der Waals surface area contributed by atoms with Crippen LogP contribution in [0.15, 0.2) is 59.7 Å². The van der Waals surface area contributed by atoms with E-state index in [0.29, 0.717) is 18.0 Å². The molecular formula is C22H24N4O2. The number of aromatic amines is 1. The normalized spacial score (nSPS) is 11.3. The molecule has 0 aliphatic rings. The van der Waals surface area contributed by atoms with Crippen LogP contribution in [0.5, 0.6) is 5.75 Å². The third-order valence-corrected chi connectivity index (χ3v) is 4.24. The summed E-state index contributed by atoms with van der Waals surface area (Å²) in [5, 5.41) is 11.2. The Morgan fingerprint density at radius 3 is 2.54 bits per heavy atom. The lowest BCUT2D eigenvalue weighted by Gasteiger charge is -2.04. The van der Waals surface area contributed by atoms with Gasteiger partial charge in [0.2, 0.25) is 0 Å². The van der Waals surface area contributed by atoms with Crippen LogP contribution in [-0.2, 0) is 0 Å². The fraction of sp³-hybridized carbons (Fsp3) is 0.227. The van der Waals surface area contributed by atoms with Crippen molar-refractivity contribution in [1.82, 2.24) is 15.6 Å². The van der Waals surface area contributed by atoms with Crippen LogP contribution in [0.3, 0.4) is 0 Å². The Morgan fingerprint density at radius 1 is 1.14 bits per heavy atom. The van der Waals surface area contributed by atoms with Gasteiger partial charge in [-0.3, -0.25) is 9.89 Å². The molecule has 6 nitrogen and oxygen atoms in total. The zero-order chi connectivity index (χ0) is 19.9. The van der Waals surface area contributed by atoms with Crippen molar-refractivity contribution in [3.05, 3.63) is 71.4 Å². The Morgan fingerprint density at radius 2 is 1.86 bits per heavy atom. The van der Waals surface area contributed by atoms with Gasteiger partial charge >= 0.3 is 0 Å². The van der Waals surface area contributed by atoms with Crippen LogP contribution in [0, 0.1) is 6.92 Å². The molecule has 0 radical (unpaired) electrons. The molecule has 0 atom stereocenters. The number of carbonyl (C=O) groups is 1. The second-order valence-corrected chi connectivity index (χ2v) is 6.54. The van der Waals surface area contributed by atoms with Gasteiger partial charge in [-0.15, -0.1) is 0 Å². The second kappa shape index (κ2) is 8.99. The summed E-state index contributed by atoms with van der Waals surface area (Å²) in [5.41, 5.74) is 7.37. The predicted octanol–water partition coefficient (Wildman–Crippen LogP) is 4.33. The lowest BCUT2D eigenvalue weighted by Crippen LogP contribution is -2.19. The molecule has 3 rings (SSSR count). The first kappa shape index (κ1) is 19.4. The van der Waals surface area contributed by atoms with Crippen LogP contribution in [0.1, 0.15) is 41.9 Å². The highest BCUT2D eigenvalue weighted by molar-refractivity contribution is 6.00. The van der Waals surface area contributed by atoms with E-state index in [1.54, 1.807) is 6.07 Å². The average Bonchev–Trinajstić information content (AvgIpc) is 3.21. The van der Waals surface area contributed by atoms with Crippen LogP contribution < -0.4 is 10.2 Å². The van der Waals surface area contributed by atoms with Crippen molar-refractivity contribution < 1.29 is 9.53 Å². The second-order valence-electron chi connectivity index (χ2n) is 6.54. The highest BCUT2D eigenvalue weighted by Gasteiger charge is 2.11. The fourth-order valence-electron chi connectivity index (χ4n) is 2.58. The molecule has 0 unspecified atom stereocenters. The SMILES string of the molecule is CCCOc1ccc(-c2cc(C(=O)NN=C(C)c3ccc(C)cc3)[nH]n2)cc1. The lowest BCUT2D eigenvalue weighted by atomic mass is 10.1. The van der Waals surface area contributed by atoms with Crippen molar-refractivity contribution in [3.63, 3.8) is 0 Å². The smallest absolute Gasteiger partial charge is 0.289 e. The summed E-state index contributed by atoms with van der Waals surface area (Å²) in [7, 11) is 0. The molecule has 0 fully saturated rings. The summed E-state index contributed by atoms with van der Waals surface area (Å²) < 4.78 is 5.58. The van der Waals surface area contributed by atoms with Gasteiger partial charge in [-0.05, 0) is 56.2 Å². The summed E-state index contributed by atoms with van der Waals surface area (Å²) in [5.74, 6) is 0.480. The van der Waals surface area contributed by atoms with Crippen LogP contribution in [0.4, 0.5) is 0 Å². The number of hydrogen-bond acceptors (Lipinski definition) is 4. The summed E-state index contributed by atoms with van der Waals surface area (Å²) in [4.78, 5) is 12.3. The van der Waals surface area contributed by atoms with Gasteiger partial charge in [-0.1, -0.05) is 36.8 Å². The molecule has 0 aliphatic carbocycles. The molecule has 2 aromatic carbocycles. The highest BCUT2D eigenvalue weighted by atomic mass is 16.5. The van der Waals surface area contributed by atoms with E-state index in [2.05, 4.69) is 27.6 Å². The molecule has 0 aliphatic heterocycles. The number of carbonyl (C=O) groups excluding carboxylic acids is 1. The molecule has 0 saturated heterocycles. The van der Waals surface area contributed by atoms with E-state index in [9.17, 15) is 4.79 Å². The third-order valence-electron chi connectivity index (χ3n) is 4.24. The van der Waals surface area contributed by atoms with Crippen molar-refractivity contribution >= 4 is 11.6 Å². The molecule has 28 heavy (non-hydrogen) atoms. The number of ether oxygens (including phenoxy) is 1. The van der Waals surface area contributed by atoms with Gasteiger partial charge in [0.15, 0.2) is 0 Å². The molecule has 6 heteroatoms. The number of hydrazone groups is 1. The topological polar surface area (TPSA) is 79.4 Å². The van der Waals surface area contributed by atoms with Gasteiger partial charge in [-0.25, -0.2) is 5.43 Å². The fourth-order valence-corrected chi connectivity index (χ4v) is 2.58. The Balaban J connectivity index is 1.65. The van der Waals surface area contributed by atoms with Crippen molar-refractivity contribution in [3.8, 4) is 17.0 Å². The first-order chi connectivity index (χ1) is 13.6. The van der Waals surface area contributed by atoms with Gasteiger partial charge in [0.1, 0.15) is 11.4 Å².